The third-order valence-corrected chi connectivity index (χ3v) is 2.95. The van der Waals surface area contributed by atoms with E-state index in [0.717, 1.165) is 22.4 Å². The third-order valence-electron chi connectivity index (χ3n) is 2.95. The highest BCUT2D eigenvalue weighted by Crippen LogP contribution is 2.31. The van der Waals surface area contributed by atoms with Gasteiger partial charge in [-0.1, -0.05) is 5.16 Å². The predicted molar refractivity (Wildman–Crippen MR) is 64.9 cm³/mol. The van der Waals surface area contributed by atoms with Crippen LogP contribution in [-0.2, 0) is 0 Å². The van der Waals surface area contributed by atoms with Gasteiger partial charge in [0.25, 0.3) is 0 Å². The molecule has 0 radical (unpaired) electrons. The number of aromatic carboxylic acids is 1. The Morgan fingerprint density at radius 2 is 2.06 bits per heavy atom. The molecule has 0 atom stereocenters. The maximum Gasteiger partial charge on any atom is 0.358 e. The topological polar surface area (TPSA) is 72.6 Å². The van der Waals surface area contributed by atoms with Crippen molar-refractivity contribution >= 4 is 5.97 Å². The summed E-state index contributed by atoms with van der Waals surface area (Å²) in [7, 11) is 1.61. The van der Waals surface area contributed by atoms with Crippen molar-refractivity contribution in [3.05, 3.63) is 35.0 Å². The average molecular weight is 247 g/mol. The molecule has 0 aliphatic heterocycles. The van der Waals surface area contributed by atoms with Gasteiger partial charge in [-0.25, -0.2) is 4.79 Å². The van der Waals surface area contributed by atoms with Crippen molar-refractivity contribution in [1.82, 2.24) is 5.16 Å². The van der Waals surface area contributed by atoms with Crippen LogP contribution in [0, 0.1) is 13.8 Å². The first-order valence-corrected chi connectivity index (χ1v) is 5.39. The van der Waals surface area contributed by atoms with Crippen LogP contribution < -0.4 is 4.74 Å². The van der Waals surface area contributed by atoms with Gasteiger partial charge in [-0.05, 0) is 37.1 Å². The van der Waals surface area contributed by atoms with Crippen molar-refractivity contribution < 1.29 is 19.2 Å². The predicted octanol–water partition coefficient (Wildman–Crippen LogP) is 2.67. The number of carbonyl (C=O) groups is 1. The Bertz CT molecular complexity index is 601. The van der Waals surface area contributed by atoms with Crippen LogP contribution in [0.5, 0.6) is 5.75 Å². The highest BCUT2D eigenvalue weighted by molar-refractivity contribution is 5.86. The van der Waals surface area contributed by atoms with Gasteiger partial charge in [-0.15, -0.1) is 0 Å². The minimum absolute atomic E-state index is 0.0992. The lowest BCUT2D eigenvalue weighted by Gasteiger charge is -2.10. The van der Waals surface area contributed by atoms with Crippen LogP contribution in [0.25, 0.3) is 11.3 Å². The molecule has 0 unspecified atom stereocenters. The van der Waals surface area contributed by atoms with Gasteiger partial charge in [0.2, 0.25) is 0 Å². The minimum atomic E-state index is -1.10. The van der Waals surface area contributed by atoms with Gasteiger partial charge in [0, 0.05) is 11.6 Å². The van der Waals surface area contributed by atoms with Crippen molar-refractivity contribution in [2.24, 2.45) is 0 Å². The maximum absolute atomic E-state index is 10.8. The number of nitrogens with zero attached hydrogens (tertiary/aromatic N) is 1. The molecule has 0 fully saturated rings. The fourth-order valence-corrected chi connectivity index (χ4v) is 1.79. The Kier molecular flexibility index (Phi) is 3.06. The molecule has 1 aromatic carbocycles. The molecular weight excluding hydrogens is 234 g/mol. The summed E-state index contributed by atoms with van der Waals surface area (Å²) >= 11 is 0. The van der Waals surface area contributed by atoms with Crippen LogP contribution in [0.3, 0.4) is 0 Å². The van der Waals surface area contributed by atoms with Crippen molar-refractivity contribution in [1.29, 1.82) is 0 Å². The zero-order valence-corrected chi connectivity index (χ0v) is 10.4. The molecule has 2 aromatic rings. The van der Waals surface area contributed by atoms with Gasteiger partial charge in [0.15, 0.2) is 11.5 Å². The van der Waals surface area contributed by atoms with Crippen LogP contribution in [0.15, 0.2) is 22.7 Å². The number of hydrogen-bond acceptors (Lipinski definition) is 4. The summed E-state index contributed by atoms with van der Waals surface area (Å²) in [5, 5.41) is 12.3. The quantitative estimate of drug-likeness (QED) is 0.902. The molecule has 2 rings (SSSR count). The smallest absolute Gasteiger partial charge is 0.358 e. The van der Waals surface area contributed by atoms with E-state index in [4.69, 9.17) is 14.4 Å². The number of benzene rings is 1. The highest BCUT2D eigenvalue weighted by atomic mass is 16.5. The molecule has 0 bridgehead atoms. The Hall–Kier alpha value is -2.30. The fourth-order valence-electron chi connectivity index (χ4n) is 1.79. The molecular formula is C13H13NO4. The Labute approximate surface area is 104 Å². The number of hydrogen-bond donors (Lipinski definition) is 1. The first-order valence-electron chi connectivity index (χ1n) is 5.39. The van der Waals surface area contributed by atoms with Gasteiger partial charge >= 0.3 is 5.97 Å². The van der Waals surface area contributed by atoms with Crippen LogP contribution in [0.1, 0.15) is 21.6 Å². The van der Waals surface area contributed by atoms with E-state index in [1.165, 1.54) is 6.07 Å². The average Bonchev–Trinajstić information content (AvgIpc) is 2.82. The van der Waals surface area contributed by atoms with Crippen LogP contribution >= 0.6 is 0 Å². The zero-order valence-electron chi connectivity index (χ0n) is 10.4. The summed E-state index contributed by atoms with van der Waals surface area (Å²) in [6.45, 7) is 3.86. The Morgan fingerprint density at radius 3 is 2.61 bits per heavy atom. The van der Waals surface area contributed by atoms with E-state index in [1.807, 2.05) is 26.0 Å². The van der Waals surface area contributed by atoms with E-state index in [0.29, 0.717) is 5.76 Å². The van der Waals surface area contributed by atoms with Gasteiger partial charge in [-0.3, -0.25) is 0 Å². The summed E-state index contributed by atoms with van der Waals surface area (Å²) in [5.74, 6) is 0.123. The second kappa shape index (κ2) is 4.52. The van der Waals surface area contributed by atoms with E-state index >= 15 is 0 Å². The van der Waals surface area contributed by atoms with Gasteiger partial charge < -0.3 is 14.4 Å². The van der Waals surface area contributed by atoms with Crippen molar-refractivity contribution in [2.75, 3.05) is 7.11 Å². The summed E-state index contributed by atoms with van der Waals surface area (Å²) in [6.07, 6.45) is 0. The summed E-state index contributed by atoms with van der Waals surface area (Å²) < 4.78 is 10.3. The SMILES string of the molecule is COc1ccc(-c2cc(C(=O)O)no2)c(C)c1C. The normalized spacial score (nSPS) is 10.4. The second-order valence-electron chi connectivity index (χ2n) is 3.95. The molecule has 94 valence electrons. The van der Waals surface area contributed by atoms with Crippen molar-refractivity contribution in [2.45, 2.75) is 13.8 Å². The first kappa shape index (κ1) is 12.2. The Morgan fingerprint density at radius 1 is 1.33 bits per heavy atom. The van der Waals surface area contributed by atoms with Gasteiger partial charge in [0.05, 0.1) is 7.11 Å². The monoisotopic (exact) mass is 247 g/mol. The molecule has 0 saturated heterocycles. The Balaban J connectivity index is 2.50. The van der Waals surface area contributed by atoms with E-state index in [9.17, 15) is 4.79 Å². The lowest BCUT2D eigenvalue weighted by atomic mass is 10.0. The van der Waals surface area contributed by atoms with Crippen molar-refractivity contribution in [3.8, 4) is 17.1 Å². The summed E-state index contributed by atoms with van der Waals surface area (Å²) in [4.78, 5) is 10.8. The first-order chi connectivity index (χ1) is 8.54. The number of carboxylic acids is 1. The number of aromatic nitrogens is 1. The van der Waals surface area contributed by atoms with Crippen LogP contribution in [0.2, 0.25) is 0 Å². The van der Waals surface area contributed by atoms with Crippen LogP contribution in [-0.4, -0.2) is 23.3 Å². The van der Waals surface area contributed by atoms with E-state index in [-0.39, 0.29) is 5.69 Å². The lowest BCUT2D eigenvalue weighted by molar-refractivity contribution is 0.0686. The molecule has 0 amide bonds. The van der Waals surface area contributed by atoms with Gasteiger partial charge in [-0.2, -0.15) is 0 Å². The molecule has 5 heteroatoms. The van der Waals surface area contributed by atoms with E-state index in [1.54, 1.807) is 7.11 Å². The zero-order chi connectivity index (χ0) is 13.3. The minimum Gasteiger partial charge on any atom is -0.496 e. The molecule has 0 saturated carbocycles. The number of carboxylic acid groups (broad SMARTS) is 1. The molecule has 0 aliphatic rings. The number of rotatable bonds is 3. The molecule has 1 N–H and O–H groups in total. The lowest BCUT2D eigenvalue weighted by Crippen LogP contribution is -1.94. The highest BCUT2D eigenvalue weighted by Gasteiger charge is 2.15. The molecule has 1 heterocycles. The molecule has 0 spiro atoms. The number of methoxy groups -OCH3 is 1. The van der Waals surface area contributed by atoms with Gasteiger partial charge in [0.1, 0.15) is 5.75 Å². The molecule has 18 heavy (non-hydrogen) atoms. The standard InChI is InChI=1S/C13H13NO4/c1-7-8(2)11(17-3)5-4-9(7)12-6-10(13(15)16)14-18-12/h4-6H,1-3H3,(H,15,16). The summed E-state index contributed by atoms with van der Waals surface area (Å²) in [5.41, 5.74) is 2.68. The van der Waals surface area contributed by atoms with E-state index in [2.05, 4.69) is 5.16 Å². The van der Waals surface area contributed by atoms with E-state index < -0.39 is 5.97 Å². The fraction of sp³-hybridized carbons (Fsp3) is 0.231. The largest absolute Gasteiger partial charge is 0.496 e. The summed E-state index contributed by atoms with van der Waals surface area (Å²) in [6, 6.07) is 5.06. The number of ether oxygens (including phenoxy) is 1. The molecule has 1 aromatic heterocycles. The molecule has 5 nitrogen and oxygen atoms in total. The maximum atomic E-state index is 10.8. The second-order valence-corrected chi connectivity index (χ2v) is 3.95. The van der Waals surface area contributed by atoms with Crippen LogP contribution in [0.4, 0.5) is 0 Å². The third kappa shape index (κ3) is 1.95. The van der Waals surface area contributed by atoms with Crippen molar-refractivity contribution in [3.63, 3.8) is 0 Å². The molecule has 0 aliphatic carbocycles.